The zero-order valence-electron chi connectivity index (χ0n) is 11.9. The lowest BCUT2D eigenvalue weighted by molar-refractivity contribution is -0.0516. The molecule has 116 valence electrons. The van der Waals surface area contributed by atoms with E-state index in [1.54, 1.807) is 18.0 Å². The van der Waals surface area contributed by atoms with Crippen LogP contribution in [-0.4, -0.2) is 50.7 Å². The monoisotopic (exact) mass is 300 g/mol. The van der Waals surface area contributed by atoms with Gasteiger partial charge in [-0.3, -0.25) is 4.79 Å². The average Bonchev–Trinajstić information content (AvgIpc) is 2.99. The number of nitrogens with one attached hydrogen (secondary N) is 1. The van der Waals surface area contributed by atoms with Crippen molar-refractivity contribution in [1.82, 2.24) is 10.2 Å². The highest BCUT2D eigenvalue weighted by molar-refractivity contribution is 5.97. The van der Waals surface area contributed by atoms with Gasteiger partial charge in [-0.05, 0) is 25.1 Å². The van der Waals surface area contributed by atoms with Gasteiger partial charge in [0.05, 0.1) is 12.7 Å². The summed E-state index contributed by atoms with van der Waals surface area (Å²) in [5.41, 5.74) is 0.0732. The molecule has 1 saturated heterocycles. The van der Waals surface area contributed by atoms with E-state index in [2.05, 4.69) is 10.1 Å². The highest BCUT2D eigenvalue weighted by atomic mass is 19.3. The van der Waals surface area contributed by atoms with Crippen LogP contribution in [0.2, 0.25) is 0 Å². The molecule has 1 amide bonds. The minimum Gasteiger partial charge on any atom is -0.493 e. The van der Waals surface area contributed by atoms with Crippen LogP contribution in [0.15, 0.2) is 18.2 Å². The summed E-state index contributed by atoms with van der Waals surface area (Å²) in [6.07, 6.45) is 0.831. The average molecular weight is 300 g/mol. The minimum absolute atomic E-state index is 0.0445. The zero-order valence-corrected chi connectivity index (χ0v) is 11.9. The van der Waals surface area contributed by atoms with E-state index in [0.717, 1.165) is 13.0 Å². The SMILES string of the molecule is COc1cccc(C(=O)N(C)C2CCNC2)c1OC(F)F. The van der Waals surface area contributed by atoms with Crippen molar-refractivity contribution in [3.8, 4) is 11.5 Å². The van der Waals surface area contributed by atoms with Crippen LogP contribution in [0.4, 0.5) is 8.78 Å². The Kier molecular flexibility index (Phi) is 4.95. The number of nitrogens with zero attached hydrogens (tertiary/aromatic N) is 1. The smallest absolute Gasteiger partial charge is 0.387 e. The van der Waals surface area contributed by atoms with Crippen molar-refractivity contribution in [3.63, 3.8) is 0 Å². The molecule has 1 unspecified atom stereocenters. The Bertz CT molecular complexity index is 505. The summed E-state index contributed by atoms with van der Waals surface area (Å²) in [7, 11) is 3.00. The summed E-state index contributed by atoms with van der Waals surface area (Å²) in [5, 5.41) is 3.16. The predicted octanol–water partition coefficient (Wildman–Crippen LogP) is 1.73. The molecule has 1 heterocycles. The first kappa shape index (κ1) is 15.5. The van der Waals surface area contributed by atoms with E-state index in [-0.39, 0.29) is 29.0 Å². The molecule has 1 N–H and O–H groups in total. The van der Waals surface area contributed by atoms with Crippen LogP contribution in [0.25, 0.3) is 0 Å². The Morgan fingerprint density at radius 2 is 2.24 bits per heavy atom. The first-order valence-electron chi connectivity index (χ1n) is 6.64. The molecule has 0 radical (unpaired) electrons. The highest BCUT2D eigenvalue weighted by Gasteiger charge is 2.28. The van der Waals surface area contributed by atoms with Gasteiger partial charge >= 0.3 is 6.61 Å². The molecule has 7 heteroatoms. The number of halogens is 2. The van der Waals surface area contributed by atoms with Crippen LogP contribution in [0.5, 0.6) is 11.5 Å². The van der Waals surface area contributed by atoms with E-state index in [4.69, 9.17) is 4.74 Å². The number of alkyl halides is 2. The fourth-order valence-electron chi connectivity index (χ4n) is 2.38. The fraction of sp³-hybridized carbons (Fsp3) is 0.500. The topological polar surface area (TPSA) is 50.8 Å². The molecule has 1 aromatic carbocycles. The molecule has 1 aromatic rings. The van der Waals surface area contributed by atoms with Crippen molar-refractivity contribution in [2.45, 2.75) is 19.1 Å². The number of ether oxygens (including phenoxy) is 2. The number of carbonyl (C=O) groups is 1. The maximum atomic E-state index is 12.6. The maximum absolute atomic E-state index is 12.6. The summed E-state index contributed by atoms with van der Waals surface area (Å²) in [5.74, 6) is -0.477. The largest absolute Gasteiger partial charge is 0.493 e. The molecule has 0 bridgehead atoms. The molecule has 1 aliphatic rings. The molecule has 0 aromatic heterocycles. The standard InChI is InChI=1S/C14H18F2N2O3/c1-18(9-6-7-17-8-9)13(19)10-4-3-5-11(20-2)12(10)21-14(15)16/h3-5,9,14,17H,6-8H2,1-2H3. The molecule has 1 aliphatic heterocycles. The lowest BCUT2D eigenvalue weighted by Crippen LogP contribution is -2.38. The lowest BCUT2D eigenvalue weighted by atomic mass is 10.1. The number of hydrogen-bond acceptors (Lipinski definition) is 4. The van der Waals surface area contributed by atoms with Crippen LogP contribution < -0.4 is 14.8 Å². The van der Waals surface area contributed by atoms with Gasteiger partial charge < -0.3 is 19.7 Å². The van der Waals surface area contributed by atoms with Crippen molar-refractivity contribution in [3.05, 3.63) is 23.8 Å². The number of para-hydroxylation sites is 1. The number of likely N-dealkylation sites (N-methyl/N-ethyl adjacent to an activating group) is 1. The van der Waals surface area contributed by atoms with Crippen molar-refractivity contribution in [2.75, 3.05) is 27.2 Å². The van der Waals surface area contributed by atoms with Gasteiger partial charge in [-0.1, -0.05) is 6.07 Å². The summed E-state index contributed by atoms with van der Waals surface area (Å²) in [4.78, 5) is 14.1. The number of benzene rings is 1. The van der Waals surface area contributed by atoms with Crippen LogP contribution in [0, 0.1) is 0 Å². The van der Waals surface area contributed by atoms with Gasteiger partial charge in [-0.25, -0.2) is 0 Å². The molecule has 0 spiro atoms. The molecular weight excluding hydrogens is 282 g/mol. The second kappa shape index (κ2) is 6.71. The van der Waals surface area contributed by atoms with Gasteiger partial charge in [-0.2, -0.15) is 8.78 Å². The first-order chi connectivity index (χ1) is 10.0. The molecular formula is C14H18F2N2O3. The van der Waals surface area contributed by atoms with Crippen LogP contribution in [0.3, 0.4) is 0 Å². The van der Waals surface area contributed by atoms with E-state index in [0.29, 0.717) is 6.54 Å². The van der Waals surface area contributed by atoms with Crippen LogP contribution >= 0.6 is 0 Å². The number of rotatable bonds is 5. The predicted molar refractivity (Wildman–Crippen MR) is 73.0 cm³/mol. The third-order valence-corrected chi connectivity index (χ3v) is 3.54. The molecule has 2 rings (SSSR count). The summed E-state index contributed by atoms with van der Waals surface area (Å²) >= 11 is 0. The minimum atomic E-state index is -3.02. The summed E-state index contributed by atoms with van der Waals surface area (Å²) in [6, 6.07) is 4.56. The fourth-order valence-corrected chi connectivity index (χ4v) is 2.38. The van der Waals surface area contributed by atoms with Gasteiger partial charge in [0.2, 0.25) is 0 Å². The van der Waals surface area contributed by atoms with E-state index >= 15 is 0 Å². The van der Waals surface area contributed by atoms with Crippen molar-refractivity contribution in [2.24, 2.45) is 0 Å². The molecule has 21 heavy (non-hydrogen) atoms. The van der Waals surface area contributed by atoms with Crippen LogP contribution in [-0.2, 0) is 0 Å². The van der Waals surface area contributed by atoms with Gasteiger partial charge in [0.15, 0.2) is 11.5 Å². The maximum Gasteiger partial charge on any atom is 0.387 e. The Balaban J connectivity index is 2.30. The van der Waals surface area contributed by atoms with Gasteiger partial charge in [-0.15, -0.1) is 0 Å². The van der Waals surface area contributed by atoms with Gasteiger partial charge in [0, 0.05) is 19.6 Å². The number of carbonyl (C=O) groups excluding carboxylic acids is 1. The highest BCUT2D eigenvalue weighted by Crippen LogP contribution is 2.33. The molecule has 5 nitrogen and oxygen atoms in total. The molecule has 0 aliphatic carbocycles. The first-order valence-corrected chi connectivity index (χ1v) is 6.64. The number of methoxy groups -OCH3 is 1. The Labute approximate surface area is 121 Å². The third kappa shape index (κ3) is 3.41. The quantitative estimate of drug-likeness (QED) is 0.900. The van der Waals surface area contributed by atoms with E-state index in [9.17, 15) is 13.6 Å². The van der Waals surface area contributed by atoms with Gasteiger partial charge in [0.25, 0.3) is 5.91 Å². The third-order valence-electron chi connectivity index (χ3n) is 3.54. The summed E-state index contributed by atoms with van der Waals surface area (Å²) < 4.78 is 34.6. The Morgan fingerprint density at radius 3 is 2.81 bits per heavy atom. The zero-order chi connectivity index (χ0) is 15.4. The number of amides is 1. The van der Waals surface area contributed by atoms with Gasteiger partial charge in [0.1, 0.15) is 0 Å². The lowest BCUT2D eigenvalue weighted by Gasteiger charge is -2.25. The van der Waals surface area contributed by atoms with E-state index < -0.39 is 6.61 Å². The summed E-state index contributed by atoms with van der Waals surface area (Å²) in [6.45, 7) is -1.50. The molecule has 1 atom stereocenters. The van der Waals surface area contributed by atoms with Crippen molar-refractivity contribution in [1.29, 1.82) is 0 Å². The van der Waals surface area contributed by atoms with Crippen molar-refractivity contribution >= 4 is 5.91 Å². The normalized spacial score (nSPS) is 17.9. The number of hydrogen-bond donors (Lipinski definition) is 1. The molecule has 0 saturated carbocycles. The van der Waals surface area contributed by atoms with Crippen LogP contribution in [0.1, 0.15) is 16.8 Å². The Hall–Kier alpha value is -1.89. The molecule has 1 fully saturated rings. The second-order valence-electron chi connectivity index (χ2n) is 4.78. The Morgan fingerprint density at radius 1 is 1.48 bits per heavy atom. The van der Waals surface area contributed by atoms with Crippen molar-refractivity contribution < 1.29 is 23.0 Å². The second-order valence-corrected chi connectivity index (χ2v) is 4.78. The van der Waals surface area contributed by atoms with E-state index in [1.165, 1.54) is 19.2 Å². The van der Waals surface area contributed by atoms with E-state index in [1.807, 2.05) is 0 Å².